The predicted octanol–water partition coefficient (Wildman–Crippen LogP) is 5.62. The molecule has 0 aliphatic carbocycles. The molecule has 2 heterocycles. The molecule has 6 heteroatoms. The highest BCUT2D eigenvalue weighted by molar-refractivity contribution is 5.82. The lowest BCUT2D eigenvalue weighted by atomic mass is 10.1. The minimum absolute atomic E-state index is 0.0367. The van der Waals surface area contributed by atoms with Crippen LogP contribution in [0.25, 0.3) is 21.9 Å². The standard InChI is InChI=1S/C27H20O6/c1-17-13-26(28)33-24-15-20(8-9-21(17)24)32-25-16-31-23-14-19(7-10-22(23)27(25)29)30-12-11-18-5-3-2-4-6-18/h2-10,13-16H,11-12H2,1H3. The van der Waals surface area contributed by atoms with Crippen LogP contribution in [0.1, 0.15) is 11.1 Å². The number of benzene rings is 3. The zero-order chi connectivity index (χ0) is 22.8. The van der Waals surface area contributed by atoms with Gasteiger partial charge in [-0.1, -0.05) is 30.3 Å². The van der Waals surface area contributed by atoms with Gasteiger partial charge in [0.15, 0.2) is 0 Å². The van der Waals surface area contributed by atoms with Crippen molar-refractivity contribution in [1.82, 2.24) is 0 Å². The lowest BCUT2D eigenvalue weighted by Gasteiger charge is -2.09. The summed E-state index contributed by atoms with van der Waals surface area (Å²) in [6, 6.07) is 21.7. The van der Waals surface area contributed by atoms with Gasteiger partial charge in [0.1, 0.15) is 28.9 Å². The second-order valence-corrected chi connectivity index (χ2v) is 7.68. The molecule has 6 nitrogen and oxygen atoms in total. The number of fused-ring (bicyclic) bond motifs is 2. The molecule has 0 amide bonds. The molecule has 0 aliphatic heterocycles. The molecule has 0 saturated heterocycles. The smallest absolute Gasteiger partial charge is 0.336 e. The van der Waals surface area contributed by atoms with Gasteiger partial charge in [-0.15, -0.1) is 0 Å². The van der Waals surface area contributed by atoms with E-state index in [0.29, 0.717) is 34.7 Å². The van der Waals surface area contributed by atoms with E-state index in [-0.39, 0.29) is 11.2 Å². The summed E-state index contributed by atoms with van der Waals surface area (Å²) in [6.07, 6.45) is 2.05. The van der Waals surface area contributed by atoms with E-state index in [4.69, 9.17) is 18.3 Å². The number of ether oxygens (including phenoxy) is 2. The SMILES string of the molecule is Cc1cc(=O)oc2cc(Oc3coc4cc(OCCc5ccccc5)ccc4c3=O)ccc12. The average Bonchev–Trinajstić information content (AvgIpc) is 2.81. The van der Waals surface area contributed by atoms with E-state index < -0.39 is 5.63 Å². The van der Waals surface area contributed by atoms with Crippen molar-refractivity contribution in [3.63, 3.8) is 0 Å². The quantitative estimate of drug-likeness (QED) is 0.319. The number of rotatable bonds is 6. The number of hydrogen-bond acceptors (Lipinski definition) is 6. The highest BCUT2D eigenvalue weighted by atomic mass is 16.5. The van der Waals surface area contributed by atoms with Crippen LogP contribution in [0.3, 0.4) is 0 Å². The van der Waals surface area contributed by atoms with Gasteiger partial charge in [-0.05, 0) is 42.3 Å². The van der Waals surface area contributed by atoms with Gasteiger partial charge in [0, 0.05) is 30.0 Å². The van der Waals surface area contributed by atoms with Gasteiger partial charge in [0.2, 0.25) is 11.2 Å². The van der Waals surface area contributed by atoms with E-state index in [0.717, 1.165) is 17.4 Å². The molecule has 5 rings (SSSR count). The third-order valence-corrected chi connectivity index (χ3v) is 5.37. The van der Waals surface area contributed by atoms with Crippen molar-refractivity contribution in [2.45, 2.75) is 13.3 Å². The van der Waals surface area contributed by atoms with Crippen molar-refractivity contribution in [3.8, 4) is 17.2 Å². The van der Waals surface area contributed by atoms with E-state index in [1.807, 2.05) is 25.1 Å². The average molecular weight is 440 g/mol. The summed E-state index contributed by atoms with van der Waals surface area (Å²) in [6.45, 7) is 2.34. The van der Waals surface area contributed by atoms with Crippen LogP contribution in [0, 0.1) is 6.92 Å². The summed E-state index contributed by atoms with van der Waals surface area (Å²) in [5.74, 6) is 1.02. The molecule has 0 radical (unpaired) electrons. The van der Waals surface area contributed by atoms with Gasteiger partial charge in [0.05, 0.1) is 12.0 Å². The molecular weight excluding hydrogens is 420 g/mol. The zero-order valence-corrected chi connectivity index (χ0v) is 17.9. The number of aryl methyl sites for hydroxylation is 1. The molecular formula is C27H20O6. The molecule has 0 bridgehead atoms. The van der Waals surface area contributed by atoms with Crippen molar-refractivity contribution in [1.29, 1.82) is 0 Å². The molecule has 33 heavy (non-hydrogen) atoms. The summed E-state index contributed by atoms with van der Waals surface area (Å²) in [4.78, 5) is 24.6. The van der Waals surface area contributed by atoms with Crippen LogP contribution >= 0.6 is 0 Å². The van der Waals surface area contributed by atoms with Crippen molar-refractivity contribution < 1.29 is 18.3 Å². The fourth-order valence-electron chi connectivity index (χ4n) is 3.68. The maximum Gasteiger partial charge on any atom is 0.336 e. The first-order valence-corrected chi connectivity index (χ1v) is 10.5. The fourth-order valence-corrected chi connectivity index (χ4v) is 3.68. The minimum Gasteiger partial charge on any atom is -0.493 e. The predicted molar refractivity (Wildman–Crippen MR) is 125 cm³/mol. The minimum atomic E-state index is -0.441. The Morgan fingerprint density at radius 2 is 1.58 bits per heavy atom. The van der Waals surface area contributed by atoms with Crippen LogP contribution in [0.15, 0.2) is 97.5 Å². The summed E-state index contributed by atoms with van der Waals surface area (Å²) in [5, 5.41) is 1.18. The Balaban J connectivity index is 1.36. The highest BCUT2D eigenvalue weighted by Crippen LogP contribution is 2.27. The van der Waals surface area contributed by atoms with Crippen LogP contribution in [-0.4, -0.2) is 6.61 Å². The summed E-state index contributed by atoms with van der Waals surface area (Å²) < 4.78 is 22.5. The maximum atomic E-state index is 12.9. The van der Waals surface area contributed by atoms with Crippen LogP contribution in [-0.2, 0) is 6.42 Å². The summed E-state index contributed by atoms with van der Waals surface area (Å²) >= 11 is 0. The molecule has 2 aromatic heterocycles. The normalized spacial score (nSPS) is 11.1. The van der Waals surface area contributed by atoms with E-state index in [1.54, 1.807) is 36.4 Å². The van der Waals surface area contributed by atoms with Gasteiger partial charge < -0.3 is 18.3 Å². The second kappa shape index (κ2) is 8.67. The lowest BCUT2D eigenvalue weighted by molar-refractivity contribution is 0.322. The monoisotopic (exact) mass is 440 g/mol. The van der Waals surface area contributed by atoms with Crippen LogP contribution in [0.2, 0.25) is 0 Å². The van der Waals surface area contributed by atoms with E-state index in [2.05, 4.69) is 12.1 Å². The van der Waals surface area contributed by atoms with Crippen LogP contribution < -0.4 is 20.5 Å². The van der Waals surface area contributed by atoms with E-state index in [1.165, 1.54) is 17.9 Å². The summed E-state index contributed by atoms with van der Waals surface area (Å²) in [7, 11) is 0. The molecule has 5 aromatic rings. The molecule has 3 aromatic carbocycles. The van der Waals surface area contributed by atoms with Gasteiger partial charge in [-0.2, -0.15) is 0 Å². The van der Waals surface area contributed by atoms with Gasteiger partial charge in [-0.25, -0.2) is 4.79 Å². The Kier molecular flexibility index (Phi) is 5.40. The van der Waals surface area contributed by atoms with Crippen molar-refractivity contribution in [2.75, 3.05) is 6.61 Å². The molecule has 0 aliphatic rings. The Hall–Kier alpha value is -4.32. The topological polar surface area (TPSA) is 78.9 Å². The Labute approximate surface area is 188 Å². The van der Waals surface area contributed by atoms with Crippen molar-refractivity contribution >= 4 is 21.9 Å². The molecule has 0 spiro atoms. The first-order chi connectivity index (χ1) is 16.1. The molecule has 164 valence electrons. The van der Waals surface area contributed by atoms with Gasteiger partial charge in [-0.3, -0.25) is 4.79 Å². The van der Waals surface area contributed by atoms with Gasteiger partial charge >= 0.3 is 5.63 Å². The third kappa shape index (κ3) is 4.36. The Morgan fingerprint density at radius 1 is 0.818 bits per heavy atom. The Bertz CT molecular complexity index is 1560. The molecule has 0 saturated carbocycles. The van der Waals surface area contributed by atoms with E-state index >= 15 is 0 Å². The highest BCUT2D eigenvalue weighted by Gasteiger charge is 2.12. The largest absolute Gasteiger partial charge is 0.493 e. The maximum absolute atomic E-state index is 12.9. The van der Waals surface area contributed by atoms with Crippen LogP contribution in [0.5, 0.6) is 17.2 Å². The van der Waals surface area contributed by atoms with Gasteiger partial charge in [0.25, 0.3) is 0 Å². The third-order valence-electron chi connectivity index (χ3n) is 5.37. The zero-order valence-electron chi connectivity index (χ0n) is 17.9. The second-order valence-electron chi connectivity index (χ2n) is 7.68. The molecule has 0 unspecified atom stereocenters. The number of hydrogen-bond donors (Lipinski definition) is 0. The molecule has 0 N–H and O–H groups in total. The molecule has 0 fully saturated rings. The first-order valence-electron chi connectivity index (χ1n) is 10.5. The Morgan fingerprint density at radius 3 is 2.42 bits per heavy atom. The van der Waals surface area contributed by atoms with E-state index in [9.17, 15) is 9.59 Å². The van der Waals surface area contributed by atoms with Crippen molar-refractivity contribution in [3.05, 3.63) is 111 Å². The lowest BCUT2D eigenvalue weighted by Crippen LogP contribution is -2.06. The fraction of sp³-hybridized carbons (Fsp3) is 0.111. The molecule has 0 atom stereocenters. The van der Waals surface area contributed by atoms with Crippen molar-refractivity contribution in [2.24, 2.45) is 0 Å². The van der Waals surface area contributed by atoms with Crippen LogP contribution in [0.4, 0.5) is 0 Å². The first kappa shape index (κ1) is 20.6. The summed E-state index contributed by atoms with van der Waals surface area (Å²) in [5.41, 5.74) is 2.04.